The molecule has 0 saturated heterocycles. The smallest absolute Gasteiger partial charge is 0.226 e. The maximum absolute atomic E-state index is 9.66. The molecule has 0 spiro atoms. The lowest BCUT2D eigenvalue weighted by molar-refractivity contribution is 0.370. The van der Waals surface area contributed by atoms with Crippen LogP contribution in [0, 0.1) is 0 Å². The summed E-state index contributed by atoms with van der Waals surface area (Å²) in [7, 11) is 1.91. The van der Waals surface area contributed by atoms with Crippen LogP contribution in [-0.2, 0) is 12.8 Å². The van der Waals surface area contributed by atoms with Crippen molar-refractivity contribution in [2.45, 2.75) is 19.3 Å². The Kier molecular flexibility index (Phi) is 4.30. The molecular weight excluding hydrogens is 230 g/mol. The van der Waals surface area contributed by atoms with E-state index in [1.165, 1.54) is 0 Å². The molecule has 1 aromatic carbocycles. The summed E-state index contributed by atoms with van der Waals surface area (Å²) in [4.78, 5) is 4.30. The van der Waals surface area contributed by atoms with Gasteiger partial charge in [-0.15, -0.1) is 0 Å². The summed E-state index contributed by atoms with van der Waals surface area (Å²) in [6, 6.07) is 7.18. The first-order chi connectivity index (χ1) is 8.79. The maximum Gasteiger partial charge on any atom is 0.226 e. The minimum Gasteiger partial charge on any atom is -0.508 e. The fraction of sp³-hybridized carbons (Fsp3) is 0.385. The van der Waals surface area contributed by atoms with Gasteiger partial charge in [-0.3, -0.25) is 0 Å². The highest BCUT2D eigenvalue weighted by molar-refractivity contribution is 5.33. The van der Waals surface area contributed by atoms with Gasteiger partial charge in [0.25, 0.3) is 0 Å². The van der Waals surface area contributed by atoms with Crippen molar-refractivity contribution in [2.24, 2.45) is 0 Å². The molecule has 0 unspecified atom stereocenters. The molecule has 1 heterocycles. The topological polar surface area (TPSA) is 71.2 Å². The number of hydrogen-bond donors (Lipinski definition) is 2. The van der Waals surface area contributed by atoms with E-state index in [0.29, 0.717) is 18.1 Å². The Hall–Kier alpha value is -1.88. The van der Waals surface area contributed by atoms with Crippen LogP contribution >= 0.6 is 0 Å². The molecule has 5 heteroatoms. The Morgan fingerprint density at radius 1 is 1.33 bits per heavy atom. The summed E-state index contributed by atoms with van der Waals surface area (Å²) in [6.45, 7) is 0.928. The Labute approximate surface area is 106 Å². The summed E-state index contributed by atoms with van der Waals surface area (Å²) in [5.41, 5.74) is 0.806. The molecule has 5 nitrogen and oxygen atoms in total. The molecular formula is C13H17N3O2. The first-order valence-corrected chi connectivity index (χ1v) is 6.02. The normalized spacial score (nSPS) is 10.7. The third-order valence-electron chi connectivity index (χ3n) is 2.67. The second kappa shape index (κ2) is 6.16. The number of nitrogens with one attached hydrogen (secondary N) is 1. The molecule has 2 aromatic rings. The van der Waals surface area contributed by atoms with Gasteiger partial charge in [-0.2, -0.15) is 4.98 Å². The van der Waals surface area contributed by atoms with E-state index in [4.69, 9.17) is 4.52 Å². The maximum atomic E-state index is 9.66. The van der Waals surface area contributed by atoms with Crippen LogP contribution in [0.3, 0.4) is 0 Å². The van der Waals surface area contributed by atoms with E-state index < -0.39 is 0 Å². The van der Waals surface area contributed by atoms with Gasteiger partial charge >= 0.3 is 0 Å². The fourth-order valence-corrected chi connectivity index (χ4v) is 1.71. The fourth-order valence-electron chi connectivity index (χ4n) is 1.71. The highest BCUT2D eigenvalue weighted by Crippen LogP contribution is 2.18. The molecule has 0 aliphatic heterocycles. The molecule has 18 heavy (non-hydrogen) atoms. The summed E-state index contributed by atoms with van der Waals surface area (Å²) in [6.07, 6.45) is 2.23. The van der Waals surface area contributed by atoms with Crippen molar-refractivity contribution in [2.75, 3.05) is 13.6 Å². The first kappa shape index (κ1) is 12.6. The van der Waals surface area contributed by atoms with Crippen LogP contribution in [0.15, 0.2) is 28.8 Å². The third kappa shape index (κ3) is 3.30. The standard InChI is InChI=1S/C13H17N3O2/c1-14-8-4-7-13-15-12(16-18-13)9-10-5-2-3-6-11(10)17/h2-3,5-6,14,17H,4,7-9H2,1H3. The number of rotatable bonds is 6. The van der Waals surface area contributed by atoms with Crippen LogP contribution in [0.2, 0.25) is 0 Å². The van der Waals surface area contributed by atoms with Gasteiger partial charge in [-0.1, -0.05) is 23.4 Å². The highest BCUT2D eigenvalue weighted by atomic mass is 16.5. The number of hydrogen-bond acceptors (Lipinski definition) is 5. The number of para-hydroxylation sites is 1. The number of benzene rings is 1. The Balaban J connectivity index is 1.96. The van der Waals surface area contributed by atoms with E-state index in [2.05, 4.69) is 15.5 Å². The van der Waals surface area contributed by atoms with E-state index in [1.807, 2.05) is 19.2 Å². The van der Waals surface area contributed by atoms with Crippen LogP contribution in [0.4, 0.5) is 0 Å². The minimum atomic E-state index is 0.263. The van der Waals surface area contributed by atoms with E-state index in [-0.39, 0.29) is 5.75 Å². The van der Waals surface area contributed by atoms with Crippen molar-refractivity contribution in [3.05, 3.63) is 41.5 Å². The van der Waals surface area contributed by atoms with Crippen molar-refractivity contribution in [1.29, 1.82) is 0 Å². The molecule has 0 aliphatic carbocycles. The van der Waals surface area contributed by atoms with Crippen LogP contribution in [0.5, 0.6) is 5.75 Å². The Morgan fingerprint density at radius 3 is 2.94 bits per heavy atom. The molecule has 96 valence electrons. The SMILES string of the molecule is CNCCCc1nc(Cc2ccccc2O)no1. The third-order valence-corrected chi connectivity index (χ3v) is 2.67. The zero-order valence-electron chi connectivity index (χ0n) is 10.4. The predicted octanol–water partition coefficient (Wildman–Crippen LogP) is 1.52. The number of aromatic hydroxyl groups is 1. The first-order valence-electron chi connectivity index (χ1n) is 6.02. The molecule has 0 atom stereocenters. The summed E-state index contributed by atoms with van der Waals surface area (Å²) in [5, 5.41) is 16.6. The van der Waals surface area contributed by atoms with Gasteiger partial charge in [0.15, 0.2) is 5.82 Å². The van der Waals surface area contributed by atoms with E-state index in [0.717, 1.165) is 24.9 Å². The van der Waals surface area contributed by atoms with Crippen molar-refractivity contribution in [3.8, 4) is 5.75 Å². The average Bonchev–Trinajstić information content (AvgIpc) is 2.80. The van der Waals surface area contributed by atoms with Gasteiger partial charge < -0.3 is 14.9 Å². The minimum absolute atomic E-state index is 0.263. The van der Waals surface area contributed by atoms with Gasteiger partial charge in [-0.25, -0.2) is 0 Å². The van der Waals surface area contributed by atoms with Gasteiger partial charge in [-0.05, 0) is 26.1 Å². The molecule has 0 amide bonds. The van der Waals surface area contributed by atoms with Crippen LogP contribution in [0.25, 0.3) is 0 Å². The Bertz CT molecular complexity index is 496. The monoisotopic (exact) mass is 247 g/mol. The summed E-state index contributed by atoms with van der Waals surface area (Å²) in [5.74, 6) is 1.52. The van der Waals surface area contributed by atoms with Gasteiger partial charge in [0.2, 0.25) is 5.89 Å². The average molecular weight is 247 g/mol. The van der Waals surface area contributed by atoms with Gasteiger partial charge in [0.1, 0.15) is 5.75 Å². The lowest BCUT2D eigenvalue weighted by atomic mass is 10.1. The van der Waals surface area contributed by atoms with Crippen LogP contribution in [0.1, 0.15) is 23.7 Å². The number of phenolic OH excluding ortho intramolecular Hbond substituents is 1. The van der Waals surface area contributed by atoms with E-state index in [9.17, 15) is 5.11 Å². The predicted molar refractivity (Wildman–Crippen MR) is 67.5 cm³/mol. The molecule has 0 radical (unpaired) electrons. The molecule has 0 bridgehead atoms. The van der Waals surface area contributed by atoms with E-state index >= 15 is 0 Å². The second-order valence-electron chi connectivity index (χ2n) is 4.12. The summed E-state index contributed by atoms with van der Waals surface area (Å²) >= 11 is 0. The van der Waals surface area contributed by atoms with E-state index in [1.54, 1.807) is 12.1 Å². The number of aryl methyl sites for hydroxylation is 1. The van der Waals surface area contributed by atoms with Crippen LogP contribution in [-0.4, -0.2) is 28.8 Å². The van der Waals surface area contributed by atoms with Crippen molar-refractivity contribution in [1.82, 2.24) is 15.5 Å². The number of aromatic nitrogens is 2. The van der Waals surface area contributed by atoms with Crippen LogP contribution < -0.4 is 5.32 Å². The lowest BCUT2D eigenvalue weighted by Gasteiger charge is -1.99. The molecule has 1 aromatic heterocycles. The molecule has 0 fully saturated rings. The zero-order valence-corrected chi connectivity index (χ0v) is 10.4. The molecule has 2 rings (SSSR count). The van der Waals surface area contributed by atoms with Crippen molar-refractivity contribution < 1.29 is 9.63 Å². The lowest BCUT2D eigenvalue weighted by Crippen LogP contribution is -2.08. The molecule has 0 aliphatic rings. The number of nitrogens with zero attached hydrogens (tertiary/aromatic N) is 2. The van der Waals surface area contributed by atoms with Gasteiger partial charge in [0.05, 0.1) is 0 Å². The van der Waals surface area contributed by atoms with Crippen molar-refractivity contribution in [3.63, 3.8) is 0 Å². The van der Waals surface area contributed by atoms with Gasteiger partial charge in [0, 0.05) is 18.4 Å². The molecule has 2 N–H and O–H groups in total. The number of phenols is 1. The zero-order chi connectivity index (χ0) is 12.8. The second-order valence-corrected chi connectivity index (χ2v) is 4.12. The molecule has 0 saturated carbocycles. The van der Waals surface area contributed by atoms with Crippen molar-refractivity contribution >= 4 is 0 Å². The quantitative estimate of drug-likeness (QED) is 0.757. The largest absolute Gasteiger partial charge is 0.508 e. The highest BCUT2D eigenvalue weighted by Gasteiger charge is 2.08. The summed E-state index contributed by atoms with van der Waals surface area (Å²) < 4.78 is 5.15. The Morgan fingerprint density at radius 2 is 2.17 bits per heavy atom.